The van der Waals surface area contributed by atoms with Crippen molar-refractivity contribution in [1.82, 2.24) is 15.0 Å². The van der Waals surface area contributed by atoms with Crippen molar-refractivity contribution in [2.24, 2.45) is 0 Å². The molecule has 0 radical (unpaired) electrons. The minimum atomic E-state index is -4.56. The average molecular weight is 388 g/mol. The maximum Gasteiger partial charge on any atom is 0.416 e. The van der Waals surface area contributed by atoms with E-state index in [1.165, 1.54) is 0 Å². The van der Waals surface area contributed by atoms with Gasteiger partial charge in [0.1, 0.15) is 28.3 Å². The largest absolute Gasteiger partial charge is 0.416 e. The molecule has 0 aromatic carbocycles. The quantitative estimate of drug-likeness (QED) is 0.680. The summed E-state index contributed by atoms with van der Waals surface area (Å²) >= 11 is 1.98. The van der Waals surface area contributed by atoms with E-state index >= 15 is 0 Å². The molecule has 2 aromatic rings. The molecule has 0 saturated carbocycles. The van der Waals surface area contributed by atoms with Gasteiger partial charge in [0.15, 0.2) is 11.4 Å². The second-order valence-electron chi connectivity index (χ2n) is 4.66. The number of allylic oxidation sites excluding steroid dienone is 1. The van der Waals surface area contributed by atoms with Gasteiger partial charge >= 0.3 is 6.18 Å². The molecule has 0 N–H and O–H groups in total. The van der Waals surface area contributed by atoms with Gasteiger partial charge in [0.25, 0.3) is 0 Å². The number of fused-ring (bicyclic) bond motifs is 1. The van der Waals surface area contributed by atoms with Crippen molar-refractivity contribution >= 4 is 29.1 Å². The highest BCUT2D eigenvalue weighted by Gasteiger charge is 2.32. The van der Waals surface area contributed by atoms with Crippen LogP contribution in [0.5, 0.6) is 0 Å². The number of rotatable bonds is 1. The first-order valence-electron chi connectivity index (χ1n) is 6.63. The first kappa shape index (κ1) is 17.7. The van der Waals surface area contributed by atoms with Gasteiger partial charge in [-0.2, -0.15) is 29.0 Å². The van der Waals surface area contributed by atoms with E-state index in [9.17, 15) is 18.4 Å². The smallest absolute Gasteiger partial charge is 0.255 e. The lowest BCUT2D eigenvalue weighted by Gasteiger charge is -2.08. The summed E-state index contributed by atoms with van der Waals surface area (Å²) in [7, 11) is 0. The topological polar surface area (TPSA) is 110 Å². The van der Waals surface area contributed by atoms with Crippen LogP contribution in [0.1, 0.15) is 22.6 Å². The third kappa shape index (κ3) is 3.21. The Kier molecular flexibility index (Phi) is 4.56. The third-order valence-corrected chi connectivity index (χ3v) is 5.45. The molecular weight excluding hydrogens is 385 g/mol. The van der Waals surface area contributed by atoms with E-state index in [0.717, 1.165) is 41.9 Å². The van der Waals surface area contributed by atoms with Crippen molar-refractivity contribution < 1.29 is 13.2 Å². The van der Waals surface area contributed by atoms with Gasteiger partial charge in [0, 0.05) is 6.20 Å². The van der Waals surface area contributed by atoms with Crippen molar-refractivity contribution in [3.05, 3.63) is 45.2 Å². The first-order chi connectivity index (χ1) is 12.4. The Morgan fingerprint density at radius 2 is 1.58 bits per heavy atom. The second-order valence-corrected chi connectivity index (χ2v) is 6.92. The average Bonchev–Trinajstić information content (AvgIpc) is 3.03. The van der Waals surface area contributed by atoms with Crippen LogP contribution in [0.3, 0.4) is 0 Å². The highest BCUT2D eigenvalue weighted by molar-refractivity contribution is 8.24. The van der Waals surface area contributed by atoms with Gasteiger partial charge in [-0.05, 0) is 12.1 Å². The lowest BCUT2D eigenvalue weighted by molar-refractivity contribution is -0.137. The van der Waals surface area contributed by atoms with Crippen LogP contribution in [0, 0.1) is 34.0 Å². The summed E-state index contributed by atoms with van der Waals surface area (Å²) < 4.78 is 39.0. The zero-order chi connectivity index (χ0) is 18.9. The van der Waals surface area contributed by atoms with Crippen LogP contribution in [0.25, 0.3) is 5.57 Å². The summed E-state index contributed by atoms with van der Waals surface area (Å²) in [5.74, 6) is 0. The minimum Gasteiger partial charge on any atom is -0.255 e. The van der Waals surface area contributed by atoms with Gasteiger partial charge in [-0.3, -0.25) is 4.98 Å². The van der Waals surface area contributed by atoms with Crippen molar-refractivity contribution in [2.75, 3.05) is 0 Å². The maximum absolute atomic E-state index is 12.9. The van der Waals surface area contributed by atoms with Crippen LogP contribution in [-0.2, 0) is 6.18 Å². The number of nitriles is 3. The van der Waals surface area contributed by atoms with Gasteiger partial charge in [0.2, 0.25) is 0 Å². The zero-order valence-corrected chi connectivity index (χ0v) is 14.0. The molecule has 0 fully saturated rings. The molecule has 6 nitrogen and oxygen atoms in total. The fourth-order valence-electron chi connectivity index (χ4n) is 1.94. The number of aromatic nitrogens is 3. The molecule has 26 heavy (non-hydrogen) atoms. The number of halogens is 3. The van der Waals surface area contributed by atoms with E-state index in [1.807, 2.05) is 6.07 Å². The Morgan fingerprint density at radius 3 is 2.04 bits per heavy atom. The Labute approximate surface area is 153 Å². The normalized spacial score (nSPS) is 12.7. The lowest BCUT2D eigenvalue weighted by atomic mass is 10.1. The van der Waals surface area contributed by atoms with Crippen molar-refractivity contribution in [3.63, 3.8) is 0 Å². The first-order valence-corrected chi connectivity index (χ1v) is 8.26. The molecular formula is C15H3F3N6S2. The predicted molar refractivity (Wildman–Crippen MR) is 84.9 cm³/mol. The van der Waals surface area contributed by atoms with Crippen LogP contribution >= 0.6 is 23.5 Å². The van der Waals surface area contributed by atoms with Crippen LogP contribution in [0.15, 0.2) is 32.6 Å². The summed E-state index contributed by atoms with van der Waals surface area (Å²) in [6.45, 7) is 0. The maximum atomic E-state index is 12.9. The van der Waals surface area contributed by atoms with Gasteiger partial charge in [-0.1, -0.05) is 23.5 Å². The molecule has 0 saturated heterocycles. The summed E-state index contributed by atoms with van der Waals surface area (Å²) in [5, 5.41) is 28.0. The molecule has 0 spiro atoms. The molecule has 0 bridgehead atoms. The fourth-order valence-corrected chi connectivity index (χ4v) is 4.23. The number of hydrogen-bond donors (Lipinski definition) is 0. The summed E-state index contributed by atoms with van der Waals surface area (Å²) in [5.41, 5.74) is -1.43. The molecule has 0 unspecified atom stereocenters. The van der Waals surface area contributed by atoms with E-state index in [4.69, 9.17) is 10.5 Å². The van der Waals surface area contributed by atoms with Crippen molar-refractivity contribution in [3.8, 4) is 18.2 Å². The Balaban J connectivity index is 2.07. The molecule has 126 valence electrons. The molecule has 2 aromatic heterocycles. The van der Waals surface area contributed by atoms with Crippen LogP contribution < -0.4 is 0 Å². The van der Waals surface area contributed by atoms with Crippen molar-refractivity contribution in [1.29, 1.82) is 15.8 Å². The molecule has 1 aliphatic rings. The predicted octanol–water partition coefficient (Wildman–Crippen LogP) is 3.72. The minimum absolute atomic E-state index is 0.0667. The van der Waals surface area contributed by atoms with E-state index < -0.39 is 11.7 Å². The molecule has 11 heteroatoms. The zero-order valence-electron chi connectivity index (χ0n) is 12.4. The number of thioether (sulfide) groups is 2. The van der Waals surface area contributed by atoms with E-state index in [1.54, 1.807) is 12.1 Å². The summed E-state index contributed by atoms with van der Waals surface area (Å²) in [6, 6.07) is 6.96. The molecule has 3 heterocycles. The van der Waals surface area contributed by atoms with Crippen LogP contribution in [0.2, 0.25) is 0 Å². The third-order valence-electron chi connectivity index (χ3n) is 3.08. The number of nitrogens with zero attached hydrogens (tertiary/aromatic N) is 6. The summed E-state index contributed by atoms with van der Waals surface area (Å²) in [4.78, 5) is 11.9. The Hall–Kier alpha value is -3.07. The van der Waals surface area contributed by atoms with E-state index in [-0.39, 0.29) is 22.7 Å². The van der Waals surface area contributed by atoms with E-state index in [2.05, 4.69) is 15.0 Å². The molecule has 0 atom stereocenters. The number of alkyl halides is 3. The van der Waals surface area contributed by atoms with Gasteiger partial charge < -0.3 is 0 Å². The monoisotopic (exact) mass is 388 g/mol. The van der Waals surface area contributed by atoms with Gasteiger partial charge in [0.05, 0.1) is 21.1 Å². The van der Waals surface area contributed by atoms with Crippen molar-refractivity contribution in [2.45, 2.75) is 16.2 Å². The molecule has 0 amide bonds. The number of pyridine rings is 1. The lowest BCUT2D eigenvalue weighted by Crippen LogP contribution is -2.06. The second kappa shape index (κ2) is 6.68. The highest BCUT2D eigenvalue weighted by atomic mass is 32.2. The molecule has 3 rings (SSSR count). The van der Waals surface area contributed by atoms with Gasteiger partial charge in [-0.15, -0.1) is 0 Å². The highest BCUT2D eigenvalue weighted by Crippen LogP contribution is 2.52. The van der Waals surface area contributed by atoms with E-state index in [0.29, 0.717) is 14.3 Å². The fraction of sp³-hybridized carbons (Fsp3) is 0.0667. The SMILES string of the molecule is N#CC(=C1Sc2nc(C#N)c(C#N)nc2S1)c1cc(C(F)(F)F)ccn1. The molecule has 0 aliphatic carbocycles. The summed E-state index contributed by atoms with van der Waals surface area (Å²) in [6.07, 6.45) is -3.58. The van der Waals surface area contributed by atoms with Crippen LogP contribution in [-0.4, -0.2) is 15.0 Å². The standard InChI is InChI=1S/C15H3F3N6S2/c16-15(17,18)7-1-2-22-9(3-7)8(4-19)14-25-12-13(26-14)24-11(6-21)10(5-20)23-12/h1-3H. The van der Waals surface area contributed by atoms with Gasteiger partial charge in [-0.25, -0.2) is 9.97 Å². The molecule has 1 aliphatic heterocycles. The Morgan fingerprint density at radius 1 is 1.00 bits per heavy atom. The van der Waals surface area contributed by atoms with Crippen LogP contribution in [0.4, 0.5) is 13.2 Å². The Bertz CT molecular complexity index is 1030. The number of hydrogen-bond acceptors (Lipinski definition) is 8.